The molecule has 1 aromatic rings. The molecule has 10 heteroatoms. The van der Waals surface area contributed by atoms with Gasteiger partial charge in [0.15, 0.2) is 6.10 Å². The third kappa shape index (κ3) is 4.93. The van der Waals surface area contributed by atoms with Crippen LogP contribution in [0, 0.1) is 0 Å². The number of Topliss-reactive ketones (excluding diaryl/α,β-unsaturated/α-hetero) is 1. The van der Waals surface area contributed by atoms with Gasteiger partial charge in [0.05, 0.1) is 12.0 Å². The molecule has 1 rings (SSSR count). The Bertz CT molecular complexity index is 619. The first kappa shape index (κ1) is 17.2. The lowest BCUT2D eigenvalue weighted by molar-refractivity contribution is -0.143. The Labute approximate surface area is 125 Å². The summed E-state index contributed by atoms with van der Waals surface area (Å²) in [5.74, 6) is -2.88. The normalized spacial score (nSPS) is 12.8. The van der Waals surface area contributed by atoms with Crippen LogP contribution in [0.1, 0.15) is 24.6 Å². The molecule has 0 radical (unpaired) electrons. The number of carbonyl (C=O) groups is 3. The molecule has 0 bridgehead atoms. The molecule has 2 atom stereocenters. The molecule has 0 saturated carbocycles. The lowest BCUT2D eigenvalue weighted by atomic mass is 10.1. The molecule has 1 heterocycles. The molecule has 0 spiro atoms. The van der Waals surface area contributed by atoms with Gasteiger partial charge in [-0.25, -0.2) is 9.78 Å². The molecule has 0 fully saturated rings. The first-order chi connectivity index (χ1) is 10.3. The number of aryl methyl sites for hydroxylation is 1. The van der Waals surface area contributed by atoms with Crippen LogP contribution in [0.5, 0.6) is 0 Å². The SMILES string of the molecule is Cn1cnc([C@@H](O)C(=O)N[C@@H](CCC(=O)C=[N+]=[N-])C(=O)O)c1. The highest BCUT2D eigenvalue weighted by Gasteiger charge is 2.26. The highest BCUT2D eigenvalue weighted by molar-refractivity contribution is 6.25. The van der Waals surface area contributed by atoms with E-state index in [1.807, 2.05) is 0 Å². The van der Waals surface area contributed by atoms with Crippen molar-refractivity contribution in [1.82, 2.24) is 14.9 Å². The lowest BCUT2D eigenvalue weighted by Gasteiger charge is -2.15. The van der Waals surface area contributed by atoms with Gasteiger partial charge in [-0.1, -0.05) is 0 Å². The number of ketones is 1. The monoisotopic (exact) mass is 309 g/mol. The molecule has 3 N–H and O–H groups in total. The van der Waals surface area contributed by atoms with Crippen LogP contribution in [-0.2, 0) is 21.4 Å². The first-order valence-corrected chi connectivity index (χ1v) is 6.24. The highest BCUT2D eigenvalue weighted by atomic mass is 16.4. The van der Waals surface area contributed by atoms with E-state index in [9.17, 15) is 19.5 Å². The minimum atomic E-state index is -1.61. The van der Waals surface area contributed by atoms with Crippen LogP contribution in [0.4, 0.5) is 0 Å². The summed E-state index contributed by atoms with van der Waals surface area (Å²) in [6, 6.07) is -1.36. The summed E-state index contributed by atoms with van der Waals surface area (Å²) in [4.78, 5) is 40.3. The number of carboxylic acid groups (broad SMARTS) is 1. The first-order valence-electron chi connectivity index (χ1n) is 6.24. The number of hydrogen-bond acceptors (Lipinski definition) is 5. The van der Waals surface area contributed by atoms with Gasteiger partial charge >= 0.3 is 12.2 Å². The number of rotatable bonds is 8. The van der Waals surface area contributed by atoms with E-state index in [0.29, 0.717) is 6.21 Å². The van der Waals surface area contributed by atoms with E-state index in [-0.39, 0.29) is 18.5 Å². The minimum absolute atomic E-state index is 0.0765. The van der Waals surface area contributed by atoms with Crippen LogP contribution in [-0.4, -0.2) is 54.5 Å². The van der Waals surface area contributed by atoms with Crippen LogP contribution in [0.3, 0.4) is 0 Å². The summed E-state index contributed by atoms with van der Waals surface area (Å²) in [5.41, 5.74) is 8.25. The van der Waals surface area contributed by atoms with Gasteiger partial charge in [0.1, 0.15) is 6.04 Å². The van der Waals surface area contributed by atoms with Gasteiger partial charge in [-0.2, -0.15) is 4.79 Å². The number of aliphatic carboxylic acids is 1. The zero-order valence-corrected chi connectivity index (χ0v) is 11.7. The average molecular weight is 309 g/mol. The van der Waals surface area contributed by atoms with Gasteiger partial charge in [0, 0.05) is 19.7 Å². The third-order valence-corrected chi connectivity index (χ3v) is 2.75. The zero-order chi connectivity index (χ0) is 16.7. The number of aliphatic hydroxyl groups is 1. The van der Waals surface area contributed by atoms with Gasteiger partial charge in [0.25, 0.3) is 5.91 Å². The van der Waals surface area contributed by atoms with Crippen molar-refractivity contribution in [2.75, 3.05) is 0 Å². The number of carboxylic acids is 1. The maximum atomic E-state index is 11.8. The van der Waals surface area contributed by atoms with Crippen molar-refractivity contribution in [3.05, 3.63) is 23.7 Å². The summed E-state index contributed by atoms with van der Waals surface area (Å²) in [6.45, 7) is 0. The molecule has 0 unspecified atom stereocenters. The maximum absolute atomic E-state index is 11.8. The Morgan fingerprint density at radius 1 is 1.55 bits per heavy atom. The Morgan fingerprint density at radius 2 is 2.23 bits per heavy atom. The highest BCUT2D eigenvalue weighted by Crippen LogP contribution is 2.10. The summed E-state index contributed by atoms with van der Waals surface area (Å²) in [5, 5.41) is 20.9. The number of carbonyl (C=O) groups excluding carboxylic acids is 2. The second kappa shape index (κ2) is 7.81. The van der Waals surface area contributed by atoms with Gasteiger partial charge < -0.3 is 25.6 Å². The van der Waals surface area contributed by atoms with E-state index in [2.05, 4.69) is 15.1 Å². The molecular formula is C12H15N5O5. The summed E-state index contributed by atoms with van der Waals surface area (Å²) >= 11 is 0. The molecule has 0 aromatic carbocycles. The van der Waals surface area contributed by atoms with Crippen molar-refractivity contribution in [1.29, 1.82) is 0 Å². The largest absolute Gasteiger partial charge is 0.480 e. The summed E-state index contributed by atoms with van der Waals surface area (Å²) in [7, 11) is 1.65. The molecule has 10 nitrogen and oxygen atoms in total. The topological polar surface area (TPSA) is 158 Å². The third-order valence-electron chi connectivity index (χ3n) is 2.75. The number of nitrogens with zero attached hydrogens (tertiary/aromatic N) is 4. The number of hydrogen-bond donors (Lipinski definition) is 3. The van der Waals surface area contributed by atoms with E-state index in [1.165, 1.54) is 17.1 Å². The summed E-state index contributed by atoms with van der Waals surface area (Å²) < 4.78 is 1.52. The molecule has 1 amide bonds. The summed E-state index contributed by atoms with van der Waals surface area (Å²) in [6.07, 6.45) is 1.39. The fraction of sp³-hybridized carbons (Fsp3) is 0.417. The molecule has 0 aliphatic carbocycles. The van der Waals surface area contributed by atoms with Crippen LogP contribution in [0.15, 0.2) is 12.5 Å². The number of nitrogens with one attached hydrogen (secondary N) is 1. The van der Waals surface area contributed by atoms with E-state index in [1.54, 1.807) is 7.05 Å². The predicted octanol–water partition coefficient (Wildman–Crippen LogP) is -1.33. The maximum Gasteiger partial charge on any atom is 0.326 e. The fourth-order valence-corrected chi connectivity index (χ4v) is 1.63. The van der Waals surface area contributed by atoms with Crippen molar-refractivity contribution >= 4 is 23.9 Å². The average Bonchev–Trinajstić information content (AvgIpc) is 2.88. The quantitative estimate of drug-likeness (QED) is 0.306. The molecule has 1 aromatic heterocycles. The molecule has 0 saturated heterocycles. The number of amides is 1. The van der Waals surface area contributed by atoms with Crippen molar-refractivity contribution in [2.45, 2.75) is 25.0 Å². The van der Waals surface area contributed by atoms with Crippen LogP contribution >= 0.6 is 0 Å². The van der Waals surface area contributed by atoms with E-state index in [4.69, 9.17) is 10.6 Å². The van der Waals surface area contributed by atoms with Gasteiger partial charge in [-0.15, -0.1) is 0 Å². The second-order valence-corrected chi connectivity index (χ2v) is 4.52. The standard InChI is InChI=1S/C12H15N5O5/c1-17-5-9(14-6-17)10(19)11(20)16-8(12(21)22)3-2-7(18)4-15-13/h4-6,8,10,19H,2-3H2,1H3,(H,16,20)(H,21,22)/t8-,10+/m0/s1. The molecule has 0 aliphatic rings. The number of aliphatic hydroxyl groups excluding tert-OH is 1. The van der Waals surface area contributed by atoms with E-state index < -0.39 is 29.8 Å². The Kier molecular flexibility index (Phi) is 6.11. The Balaban J connectivity index is 2.66. The molecular weight excluding hydrogens is 294 g/mol. The van der Waals surface area contributed by atoms with Crippen molar-refractivity contribution in [3.8, 4) is 0 Å². The molecule has 118 valence electrons. The number of aromatic nitrogens is 2. The molecule has 22 heavy (non-hydrogen) atoms. The van der Waals surface area contributed by atoms with E-state index >= 15 is 0 Å². The fourth-order valence-electron chi connectivity index (χ4n) is 1.63. The van der Waals surface area contributed by atoms with Crippen molar-refractivity contribution < 1.29 is 29.4 Å². The van der Waals surface area contributed by atoms with Gasteiger partial charge in [-0.3, -0.25) is 9.59 Å². The Morgan fingerprint density at radius 3 is 2.73 bits per heavy atom. The Hall–Kier alpha value is -2.84. The second-order valence-electron chi connectivity index (χ2n) is 4.52. The van der Waals surface area contributed by atoms with Crippen LogP contribution in [0.25, 0.3) is 5.53 Å². The molecule has 0 aliphatic heterocycles. The van der Waals surface area contributed by atoms with Crippen molar-refractivity contribution in [2.24, 2.45) is 7.05 Å². The van der Waals surface area contributed by atoms with Crippen molar-refractivity contribution in [3.63, 3.8) is 0 Å². The predicted molar refractivity (Wildman–Crippen MR) is 71.7 cm³/mol. The van der Waals surface area contributed by atoms with Gasteiger partial charge in [-0.05, 0) is 6.42 Å². The van der Waals surface area contributed by atoms with E-state index in [0.717, 1.165) is 0 Å². The lowest BCUT2D eigenvalue weighted by Crippen LogP contribution is -2.43. The zero-order valence-electron chi connectivity index (χ0n) is 11.7. The minimum Gasteiger partial charge on any atom is -0.480 e. The van der Waals surface area contributed by atoms with Crippen LogP contribution < -0.4 is 5.32 Å². The smallest absolute Gasteiger partial charge is 0.326 e. The number of imidazole rings is 1. The van der Waals surface area contributed by atoms with Gasteiger partial charge in [0.2, 0.25) is 5.78 Å². The van der Waals surface area contributed by atoms with Crippen LogP contribution in [0.2, 0.25) is 0 Å².